The van der Waals surface area contributed by atoms with Crippen molar-refractivity contribution in [1.29, 1.82) is 0 Å². The normalized spacial score (nSPS) is 14.3. The van der Waals surface area contributed by atoms with Crippen molar-refractivity contribution in [2.75, 3.05) is 0 Å². The summed E-state index contributed by atoms with van der Waals surface area (Å²) in [6, 6.07) is 0.384. The average molecular weight is 239 g/mol. The summed E-state index contributed by atoms with van der Waals surface area (Å²) in [6.45, 7) is 12.8. The van der Waals surface area contributed by atoms with Crippen molar-refractivity contribution < 1.29 is 4.42 Å². The lowest BCUT2D eigenvalue weighted by atomic mass is 9.97. The van der Waals surface area contributed by atoms with Crippen LogP contribution in [0.1, 0.15) is 52.8 Å². The fourth-order valence-corrected chi connectivity index (χ4v) is 2.01. The molecule has 98 valence electrons. The highest BCUT2D eigenvalue weighted by Gasteiger charge is 2.20. The van der Waals surface area contributed by atoms with E-state index in [1.54, 1.807) is 0 Å². The molecule has 0 fully saturated rings. The van der Waals surface area contributed by atoms with E-state index >= 15 is 0 Å². The van der Waals surface area contributed by atoms with Crippen LogP contribution in [0.15, 0.2) is 4.42 Å². The number of hydrogen-bond donors (Lipinski definition) is 1. The van der Waals surface area contributed by atoms with E-state index < -0.39 is 0 Å². The molecule has 0 radical (unpaired) electrons. The second kappa shape index (κ2) is 5.63. The minimum atomic E-state index is 0.106. The Labute approximate surface area is 104 Å². The quantitative estimate of drug-likeness (QED) is 0.858. The first-order valence-electron chi connectivity index (χ1n) is 6.33. The molecule has 0 bridgehead atoms. The molecule has 1 N–H and O–H groups in total. The first-order chi connectivity index (χ1) is 7.76. The van der Waals surface area contributed by atoms with Crippen LogP contribution in [-0.4, -0.2) is 21.8 Å². The van der Waals surface area contributed by atoms with E-state index in [0.717, 1.165) is 18.7 Å². The zero-order valence-electron chi connectivity index (χ0n) is 11.9. The highest BCUT2D eigenvalue weighted by Crippen LogP contribution is 2.13. The van der Waals surface area contributed by atoms with E-state index in [9.17, 15) is 0 Å². The highest BCUT2D eigenvalue weighted by molar-refractivity contribution is 4.88. The van der Waals surface area contributed by atoms with Gasteiger partial charge in [0.15, 0.2) is 0 Å². The van der Waals surface area contributed by atoms with Gasteiger partial charge in [0.1, 0.15) is 0 Å². The van der Waals surface area contributed by atoms with Gasteiger partial charge < -0.3 is 9.73 Å². The molecule has 1 rings (SSSR count). The van der Waals surface area contributed by atoms with Gasteiger partial charge in [0, 0.05) is 24.9 Å². The van der Waals surface area contributed by atoms with Gasteiger partial charge in [-0.25, -0.2) is 0 Å². The number of hydrogen-bond acceptors (Lipinski definition) is 4. The zero-order chi connectivity index (χ0) is 13.1. The monoisotopic (exact) mass is 239 g/mol. The Morgan fingerprint density at radius 2 is 1.88 bits per heavy atom. The van der Waals surface area contributed by atoms with E-state index in [1.807, 2.05) is 6.92 Å². The van der Waals surface area contributed by atoms with Crippen molar-refractivity contribution in [2.45, 2.75) is 66.0 Å². The van der Waals surface area contributed by atoms with Gasteiger partial charge in [-0.05, 0) is 33.1 Å². The molecule has 0 spiro atoms. The smallest absolute Gasteiger partial charge is 0.218 e. The predicted octanol–water partition coefficient (Wildman–Crippen LogP) is 2.72. The van der Waals surface area contributed by atoms with Gasteiger partial charge in [0.25, 0.3) is 0 Å². The Kier molecular flexibility index (Phi) is 4.69. The van der Waals surface area contributed by atoms with Crippen LogP contribution in [0.25, 0.3) is 0 Å². The molecule has 0 aliphatic rings. The number of aryl methyl sites for hydroxylation is 1. The lowest BCUT2D eigenvalue weighted by Crippen LogP contribution is -2.45. The second-order valence-corrected chi connectivity index (χ2v) is 6.14. The van der Waals surface area contributed by atoms with Gasteiger partial charge in [-0.15, -0.1) is 10.2 Å². The molecule has 1 heterocycles. The number of rotatable bonds is 5. The number of nitrogens with one attached hydrogen (secondary N) is 1. The third-order valence-corrected chi connectivity index (χ3v) is 2.38. The SMILES string of the molecule is Cc1nnc(CC(CC(C)C)NC(C)(C)C)o1. The third kappa shape index (κ3) is 5.82. The summed E-state index contributed by atoms with van der Waals surface area (Å²) >= 11 is 0. The highest BCUT2D eigenvalue weighted by atomic mass is 16.4. The van der Waals surface area contributed by atoms with Crippen LogP contribution in [0.2, 0.25) is 0 Å². The fraction of sp³-hybridized carbons (Fsp3) is 0.846. The first kappa shape index (κ1) is 14.2. The van der Waals surface area contributed by atoms with Crippen LogP contribution >= 0.6 is 0 Å². The largest absolute Gasteiger partial charge is 0.426 e. The van der Waals surface area contributed by atoms with E-state index in [2.05, 4.69) is 50.1 Å². The summed E-state index contributed by atoms with van der Waals surface area (Å²) in [6.07, 6.45) is 1.91. The van der Waals surface area contributed by atoms with Crippen LogP contribution in [0.4, 0.5) is 0 Å². The molecule has 17 heavy (non-hydrogen) atoms. The van der Waals surface area contributed by atoms with Crippen molar-refractivity contribution in [3.63, 3.8) is 0 Å². The van der Waals surface area contributed by atoms with Gasteiger partial charge in [-0.3, -0.25) is 0 Å². The third-order valence-electron chi connectivity index (χ3n) is 2.38. The van der Waals surface area contributed by atoms with Gasteiger partial charge in [0.2, 0.25) is 11.8 Å². The van der Waals surface area contributed by atoms with Gasteiger partial charge in [-0.1, -0.05) is 13.8 Å². The van der Waals surface area contributed by atoms with Crippen molar-refractivity contribution in [3.05, 3.63) is 11.8 Å². The lowest BCUT2D eigenvalue weighted by Gasteiger charge is -2.29. The van der Waals surface area contributed by atoms with E-state index in [1.165, 1.54) is 0 Å². The van der Waals surface area contributed by atoms with Crippen LogP contribution in [0.5, 0.6) is 0 Å². The minimum Gasteiger partial charge on any atom is -0.426 e. The Hall–Kier alpha value is -0.900. The van der Waals surface area contributed by atoms with E-state index in [4.69, 9.17) is 4.42 Å². The van der Waals surface area contributed by atoms with Gasteiger partial charge in [-0.2, -0.15) is 0 Å². The minimum absolute atomic E-state index is 0.106. The summed E-state index contributed by atoms with van der Waals surface area (Å²) in [7, 11) is 0. The molecule has 4 nitrogen and oxygen atoms in total. The molecule has 1 atom stereocenters. The van der Waals surface area contributed by atoms with Crippen molar-refractivity contribution in [3.8, 4) is 0 Å². The molecular formula is C13H25N3O. The lowest BCUT2D eigenvalue weighted by molar-refractivity contribution is 0.303. The van der Waals surface area contributed by atoms with E-state index in [0.29, 0.717) is 17.9 Å². The second-order valence-electron chi connectivity index (χ2n) is 6.14. The summed E-state index contributed by atoms with van der Waals surface area (Å²) in [5.74, 6) is 2.02. The maximum atomic E-state index is 5.45. The molecular weight excluding hydrogens is 214 g/mol. The Morgan fingerprint density at radius 1 is 1.24 bits per heavy atom. The number of nitrogens with zero attached hydrogens (tertiary/aromatic N) is 2. The fourth-order valence-electron chi connectivity index (χ4n) is 2.01. The first-order valence-corrected chi connectivity index (χ1v) is 6.33. The average Bonchev–Trinajstić information content (AvgIpc) is 2.46. The summed E-state index contributed by atoms with van der Waals surface area (Å²) in [5.41, 5.74) is 0.106. The molecule has 0 saturated carbocycles. The molecule has 4 heteroatoms. The molecule has 1 aromatic heterocycles. The molecule has 0 amide bonds. The molecule has 0 aliphatic carbocycles. The van der Waals surface area contributed by atoms with Crippen molar-refractivity contribution in [1.82, 2.24) is 15.5 Å². The molecule has 1 aromatic rings. The topological polar surface area (TPSA) is 51.0 Å². The Morgan fingerprint density at radius 3 is 2.29 bits per heavy atom. The van der Waals surface area contributed by atoms with Crippen molar-refractivity contribution in [2.24, 2.45) is 5.92 Å². The summed E-state index contributed by atoms with van der Waals surface area (Å²) in [5, 5.41) is 11.6. The maximum absolute atomic E-state index is 5.45. The summed E-state index contributed by atoms with van der Waals surface area (Å²) < 4.78 is 5.45. The zero-order valence-corrected chi connectivity index (χ0v) is 11.9. The maximum Gasteiger partial charge on any atom is 0.218 e. The van der Waals surface area contributed by atoms with Crippen LogP contribution < -0.4 is 5.32 Å². The van der Waals surface area contributed by atoms with Crippen LogP contribution in [0.3, 0.4) is 0 Å². The summed E-state index contributed by atoms with van der Waals surface area (Å²) in [4.78, 5) is 0. The predicted molar refractivity (Wildman–Crippen MR) is 68.9 cm³/mol. The standard InChI is InChI=1S/C13H25N3O/c1-9(2)7-11(14-13(4,5)6)8-12-16-15-10(3)17-12/h9,11,14H,7-8H2,1-6H3. The Balaban J connectivity index is 2.63. The van der Waals surface area contributed by atoms with Gasteiger partial charge in [0.05, 0.1) is 0 Å². The molecule has 0 saturated heterocycles. The number of aromatic nitrogens is 2. The van der Waals surface area contributed by atoms with Crippen LogP contribution in [-0.2, 0) is 6.42 Å². The van der Waals surface area contributed by atoms with Crippen molar-refractivity contribution >= 4 is 0 Å². The molecule has 1 unspecified atom stereocenters. The van der Waals surface area contributed by atoms with E-state index in [-0.39, 0.29) is 5.54 Å². The molecule has 0 aliphatic heterocycles. The Bertz CT molecular complexity index is 339. The van der Waals surface area contributed by atoms with Gasteiger partial charge >= 0.3 is 0 Å². The van der Waals surface area contributed by atoms with Crippen LogP contribution in [0, 0.1) is 12.8 Å². The molecule has 0 aromatic carbocycles.